The van der Waals surface area contributed by atoms with Gasteiger partial charge in [0.2, 0.25) is 0 Å². The first-order chi connectivity index (χ1) is 14.4. The third-order valence-electron chi connectivity index (χ3n) is 7.82. The number of halogens is 1. The van der Waals surface area contributed by atoms with Crippen molar-refractivity contribution in [2.24, 2.45) is 10.8 Å². The van der Waals surface area contributed by atoms with Gasteiger partial charge in [-0.25, -0.2) is 0 Å². The molecule has 0 radical (unpaired) electrons. The van der Waals surface area contributed by atoms with Gasteiger partial charge in [-0.2, -0.15) is 5.26 Å². The van der Waals surface area contributed by atoms with Crippen molar-refractivity contribution in [2.45, 2.75) is 112 Å². The molecule has 2 fully saturated rings. The first kappa shape index (κ1) is 24.0. The van der Waals surface area contributed by atoms with Crippen LogP contribution in [0.15, 0.2) is 29.2 Å². The maximum Gasteiger partial charge on any atom is 0.131 e. The van der Waals surface area contributed by atoms with E-state index >= 15 is 0 Å². The van der Waals surface area contributed by atoms with Gasteiger partial charge in [0.1, 0.15) is 3.66 Å². The number of nitriles is 1. The number of hydrogen-bond acceptors (Lipinski definition) is 2. The average molecular weight is 493 g/mol. The van der Waals surface area contributed by atoms with Gasteiger partial charge in [-0.3, -0.25) is 4.21 Å². The first-order valence-electron chi connectivity index (χ1n) is 12.0. The second kappa shape index (κ2) is 10.3. The highest BCUT2D eigenvalue weighted by molar-refractivity contribution is 9.11. The Bertz CT molecular complexity index is 754. The minimum atomic E-state index is -1.25. The van der Waals surface area contributed by atoms with Gasteiger partial charge in [0, 0.05) is 10.3 Å². The van der Waals surface area contributed by atoms with Gasteiger partial charge in [-0.15, -0.1) is 0 Å². The molecule has 1 aromatic rings. The van der Waals surface area contributed by atoms with E-state index in [1.54, 1.807) is 0 Å². The summed E-state index contributed by atoms with van der Waals surface area (Å²) in [4.78, 5) is 0.840. The predicted octanol–water partition coefficient (Wildman–Crippen LogP) is 8.20. The highest BCUT2D eigenvalue weighted by Gasteiger charge is 2.86. The standard InChI is InChI=1S/C26H38BrNOS/c1-22-15-17-23(18-16-22)30(29)26(27)24(2,21-28)25(26)19-13-11-9-7-5-3-4-6-8-10-12-14-20-25/h15-18H,3-14,19-20H2,1-2H3. The predicted molar refractivity (Wildman–Crippen MR) is 130 cm³/mol. The van der Waals surface area contributed by atoms with Crippen molar-refractivity contribution >= 4 is 26.7 Å². The van der Waals surface area contributed by atoms with Crippen LogP contribution in [0.5, 0.6) is 0 Å². The van der Waals surface area contributed by atoms with Gasteiger partial charge in [0.25, 0.3) is 0 Å². The lowest BCUT2D eigenvalue weighted by atomic mass is 9.84. The molecule has 2 aliphatic carbocycles. The quantitative estimate of drug-likeness (QED) is 0.391. The molecule has 4 heteroatoms. The van der Waals surface area contributed by atoms with E-state index in [4.69, 9.17) is 0 Å². The van der Waals surface area contributed by atoms with Crippen molar-refractivity contribution in [2.75, 3.05) is 0 Å². The van der Waals surface area contributed by atoms with Gasteiger partial charge >= 0.3 is 0 Å². The number of benzene rings is 1. The lowest BCUT2D eigenvalue weighted by Gasteiger charge is -2.21. The van der Waals surface area contributed by atoms with Crippen LogP contribution in [0, 0.1) is 29.1 Å². The molecule has 0 N–H and O–H groups in total. The van der Waals surface area contributed by atoms with E-state index in [1.165, 1.54) is 69.8 Å². The highest BCUT2D eigenvalue weighted by atomic mass is 79.9. The van der Waals surface area contributed by atoms with Crippen LogP contribution in [0.1, 0.15) is 102 Å². The van der Waals surface area contributed by atoms with E-state index in [2.05, 4.69) is 35.8 Å². The second-order valence-corrected chi connectivity index (χ2v) is 13.1. The Kier molecular flexibility index (Phi) is 8.24. The van der Waals surface area contributed by atoms with Crippen LogP contribution in [0.3, 0.4) is 0 Å². The van der Waals surface area contributed by atoms with Crippen molar-refractivity contribution in [3.8, 4) is 6.07 Å². The molecule has 0 amide bonds. The summed E-state index contributed by atoms with van der Waals surface area (Å²) in [5.74, 6) is 0. The molecule has 30 heavy (non-hydrogen) atoms. The van der Waals surface area contributed by atoms with Crippen molar-refractivity contribution in [1.82, 2.24) is 0 Å². The number of rotatable bonds is 2. The van der Waals surface area contributed by atoms with Gasteiger partial charge in [0.15, 0.2) is 0 Å². The Labute approximate surface area is 194 Å². The van der Waals surface area contributed by atoms with E-state index in [-0.39, 0.29) is 5.41 Å². The van der Waals surface area contributed by atoms with Crippen LogP contribution in [0.25, 0.3) is 0 Å². The SMILES string of the molecule is Cc1ccc(S(=O)C2(Br)C(C)(C#N)C23CCCCCCCCCCCCCC3)cc1. The average Bonchev–Trinajstić information content (AvgIpc) is 3.18. The molecule has 2 aliphatic rings. The van der Waals surface area contributed by atoms with Crippen LogP contribution in [-0.4, -0.2) is 7.87 Å². The third-order valence-corrected chi connectivity index (χ3v) is 12.3. The third kappa shape index (κ3) is 4.31. The maximum absolute atomic E-state index is 13.8. The summed E-state index contributed by atoms with van der Waals surface area (Å²) in [7, 11) is -1.25. The molecule has 0 aromatic heterocycles. The highest BCUT2D eigenvalue weighted by Crippen LogP contribution is 2.82. The Morgan fingerprint density at radius 1 is 0.833 bits per heavy atom. The molecule has 166 valence electrons. The molecule has 1 spiro atoms. The van der Waals surface area contributed by atoms with Crippen LogP contribution >= 0.6 is 15.9 Å². The Balaban J connectivity index is 1.84. The van der Waals surface area contributed by atoms with Crippen molar-refractivity contribution in [1.29, 1.82) is 5.26 Å². The zero-order valence-corrected chi connectivity index (χ0v) is 21.3. The van der Waals surface area contributed by atoms with E-state index in [9.17, 15) is 9.47 Å². The molecule has 2 saturated carbocycles. The Hall–Kier alpha value is -0.660. The van der Waals surface area contributed by atoms with Crippen LogP contribution < -0.4 is 0 Å². The summed E-state index contributed by atoms with van der Waals surface area (Å²) in [5.41, 5.74) is 0.371. The van der Waals surface area contributed by atoms with E-state index < -0.39 is 19.9 Å². The smallest absolute Gasteiger partial charge is 0.131 e. The molecule has 2 nitrogen and oxygen atoms in total. The first-order valence-corrected chi connectivity index (χ1v) is 14.0. The number of hydrogen-bond donors (Lipinski definition) is 0. The second-order valence-electron chi connectivity index (χ2n) is 9.74. The van der Waals surface area contributed by atoms with Gasteiger partial charge in [-0.05, 0) is 38.8 Å². The van der Waals surface area contributed by atoms with Gasteiger partial charge in [-0.1, -0.05) is 111 Å². The lowest BCUT2D eigenvalue weighted by molar-refractivity contribution is 0.328. The minimum Gasteiger partial charge on any atom is -0.253 e. The largest absolute Gasteiger partial charge is 0.253 e. The lowest BCUT2D eigenvalue weighted by Crippen LogP contribution is -2.20. The van der Waals surface area contributed by atoms with Gasteiger partial charge < -0.3 is 0 Å². The molecule has 1 aromatic carbocycles. The zero-order valence-electron chi connectivity index (χ0n) is 18.9. The molecule has 0 bridgehead atoms. The summed E-state index contributed by atoms with van der Waals surface area (Å²) < 4.78 is 13.2. The maximum atomic E-state index is 13.8. The molecule has 3 rings (SSSR count). The monoisotopic (exact) mass is 491 g/mol. The van der Waals surface area contributed by atoms with Crippen molar-refractivity contribution < 1.29 is 4.21 Å². The van der Waals surface area contributed by atoms with E-state index in [0.717, 1.165) is 30.6 Å². The summed E-state index contributed by atoms with van der Waals surface area (Å²) in [6.07, 6.45) is 17.5. The molecular formula is C26H38BrNOS. The normalized spacial score (nSPS) is 31.8. The number of aryl methyl sites for hydroxylation is 1. The van der Waals surface area contributed by atoms with Crippen LogP contribution in [-0.2, 0) is 10.8 Å². The number of nitrogens with zero attached hydrogens (tertiary/aromatic N) is 1. The van der Waals surface area contributed by atoms with Gasteiger partial charge in [0.05, 0.1) is 22.3 Å². The molecule has 0 saturated heterocycles. The Morgan fingerprint density at radius 3 is 1.63 bits per heavy atom. The zero-order chi connectivity index (χ0) is 21.7. The molecule has 0 heterocycles. The number of alkyl halides is 1. The Morgan fingerprint density at radius 2 is 1.23 bits per heavy atom. The molecule has 0 aliphatic heterocycles. The topological polar surface area (TPSA) is 40.9 Å². The summed E-state index contributed by atoms with van der Waals surface area (Å²) in [5, 5.41) is 10.3. The molecule has 3 atom stereocenters. The van der Waals surface area contributed by atoms with Crippen LogP contribution in [0.2, 0.25) is 0 Å². The molecular weight excluding hydrogens is 454 g/mol. The summed E-state index contributed by atoms with van der Waals surface area (Å²) >= 11 is 3.97. The summed E-state index contributed by atoms with van der Waals surface area (Å²) in [6.45, 7) is 4.11. The molecule has 3 unspecified atom stereocenters. The fraction of sp³-hybridized carbons (Fsp3) is 0.731. The van der Waals surface area contributed by atoms with E-state index in [1.807, 2.05) is 24.3 Å². The van der Waals surface area contributed by atoms with E-state index in [0.29, 0.717) is 0 Å². The van der Waals surface area contributed by atoms with Crippen molar-refractivity contribution in [3.63, 3.8) is 0 Å². The fourth-order valence-electron chi connectivity index (χ4n) is 5.72. The van der Waals surface area contributed by atoms with Crippen LogP contribution in [0.4, 0.5) is 0 Å². The summed E-state index contributed by atoms with van der Waals surface area (Å²) in [6, 6.07) is 10.6. The fourth-order valence-corrected chi connectivity index (χ4v) is 9.47. The van der Waals surface area contributed by atoms with Crippen molar-refractivity contribution in [3.05, 3.63) is 29.8 Å². The minimum absolute atomic E-state index is 0.204.